The average molecular weight is 389 g/mol. The Morgan fingerprint density at radius 1 is 1.14 bits per heavy atom. The Kier molecular flexibility index (Phi) is 8.98. The normalized spacial score (nSPS) is 16.8. The van der Waals surface area contributed by atoms with Crippen LogP contribution < -0.4 is 10.6 Å². The van der Waals surface area contributed by atoms with Gasteiger partial charge in [-0.05, 0) is 30.2 Å². The van der Waals surface area contributed by atoms with Gasteiger partial charge in [-0.1, -0.05) is 63.4 Å². The summed E-state index contributed by atoms with van der Waals surface area (Å²) in [6, 6.07) is 8.97. The molecule has 1 aliphatic carbocycles. The minimum atomic E-state index is -0.554. The van der Waals surface area contributed by atoms with E-state index < -0.39 is 18.1 Å². The number of alkyl carbamates (subject to hydrolysis) is 1. The van der Waals surface area contributed by atoms with Crippen molar-refractivity contribution in [1.29, 1.82) is 0 Å². The molecule has 1 aromatic rings. The molecule has 0 heterocycles. The van der Waals surface area contributed by atoms with Gasteiger partial charge < -0.3 is 20.2 Å². The molecule has 6 nitrogen and oxygen atoms in total. The third-order valence-corrected chi connectivity index (χ3v) is 5.43. The van der Waals surface area contributed by atoms with E-state index in [0.29, 0.717) is 0 Å². The number of hydrogen-bond acceptors (Lipinski definition) is 4. The number of carbonyl (C=O) groups is 3. The van der Waals surface area contributed by atoms with Gasteiger partial charge in [0.1, 0.15) is 12.9 Å². The second kappa shape index (κ2) is 11.5. The van der Waals surface area contributed by atoms with E-state index in [2.05, 4.69) is 10.6 Å². The molecule has 0 bridgehead atoms. The minimum Gasteiger partial charge on any atom is -0.445 e. The first-order valence-corrected chi connectivity index (χ1v) is 10.2. The van der Waals surface area contributed by atoms with Gasteiger partial charge in [0.05, 0.1) is 12.0 Å². The van der Waals surface area contributed by atoms with Crippen molar-refractivity contribution >= 4 is 18.3 Å². The van der Waals surface area contributed by atoms with Crippen LogP contribution in [0.1, 0.15) is 51.5 Å². The first-order chi connectivity index (χ1) is 13.5. The minimum absolute atomic E-state index is 0.0214. The van der Waals surface area contributed by atoms with E-state index in [9.17, 15) is 14.4 Å². The zero-order chi connectivity index (χ0) is 20.4. The smallest absolute Gasteiger partial charge is 0.407 e. The predicted octanol–water partition coefficient (Wildman–Crippen LogP) is 3.45. The van der Waals surface area contributed by atoms with Crippen LogP contribution in [0.25, 0.3) is 0 Å². The molecule has 2 N–H and O–H groups in total. The third kappa shape index (κ3) is 6.98. The maximum absolute atomic E-state index is 12.7. The number of hydrogen-bond donors (Lipinski definition) is 2. The van der Waals surface area contributed by atoms with Gasteiger partial charge in [-0.2, -0.15) is 0 Å². The maximum Gasteiger partial charge on any atom is 0.407 e. The lowest BCUT2D eigenvalue weighted by Crippen LogP contribution is -2.48. The summed E-state index contributed by atoms with van der Waals surface area (Å²) >= 11 is 0. The summed E-state index contributed by atoms with van der Waals surface area (Å²) in [7, 11) is 0. The topological polar surface area (TPSA) is 84.5 Å². The molecule has 28 heavy (non-hydrogen) atoms. The van der Waals surface area contributed by atoms with Crippen LogP contribution in [-0.4, -0.2) is 30.9 Å². The average Bonchev–Trinajstić information content (AvgIpc) is 2.71. The van der Waals surface area contributed by atoms with Crippen molar-refractivity contribution in [1.82, 2.24) is 10.6 Å². The summed E-state index contributed by atoms with van der Waals surface area (Å²) in [5.74, 6) is -0.378. The molecule has 2 unspecified atom stereocenters. The number of ether oxygens (including phenoxy) is 1. The van der Waals surface area contributed by atoms with Gasteiger partial charge in [0.15, 0.2) is 0 Å². The van der Waals surface area contributed by atoms with Crippen molar-refractivity contribution in [3.05, 3.63) is 35.9 Å². The predicted molar refractivity (Wildman–Crippen MR) is 108 cm³/mol. The van der Waals surface area contributed by atoms with E-state index in [0.717, 1.165) is 37.5 Å². The van der Waals surface area contributed by atoms with Gasteiger partial charge in [0, 0.05) is 6.54 Å². The molecule has 1 aromatic carbocycles. The van der Waals surface area contributed by atoms with Crippen molar-refractivity contribution < 1.29 is 19.1 Å². The van der Waals surface area contributed by atoms with Gasteiger partial charge in [-0.3, -0.25) is 4.79 Å². The molecule has 0 aromatic heterocycles. The zero-order valence-corrected chi connectivity index (χ0v) is 16.9. The number of carbonyl (C=O) groups excluding carboxylic acids is 3. The fraction of sp³-hybridized carbons (Fsp3) is 0.591. The number of benzene rings is 1. The Bertz CT molecular complexity index is 627. The molecule has 0 spiro atoms. The largest absolute Gasteiger partial charge is 0.445 e. The zero-order valence-electron chi connectivity index (χ0n) is 16.9. The van der Waals surface area contributed by atoms with E-state index in [-0.39, 0.29) is 30.9 Å². The number of rotatable bonds is 9. The summed E-state index contributed by atoms with van der Waals surface area (Å²) < 4.78 is 5.20. The van der Waals surface area contributed by atoms with Crippen molar-refractivity contribution in [2.45, 2.75) is 58.6 Å². The van der Waals surface area contributed by atoms with E-state index in [1.54, 1.807) is 0 Å². The SMILES string of the molecule is CC(C)C(CNC(=O)OCc1ccccc1)C(=O)NC(C=O)C1CCCCC1. The summed E-state index contributed by atoms with van der Waals surface area (Å²) in [4.78, 5) is 36.2. The van der Waals surface area contributed by atoms with Crippen LogP contribution in [0, 0.1) is 17.8 Å². The molecule has 1 saturated carbocycles. The van der Waals surface area contributed by atoms with Gasteiger partial charge in [0.2, 0.25) is 5.91 Å². The fourth-order valence-corrected chi connectivity index (χ4v) is 3.63. The fourth-order valence-electron chi connectivity index (χ4n) is 3.63. The maximum atomic E-state index is 12.7. The van der Waals surface area contributed by atoms with Crippen LogP contribution in [0.3, 0.4) is 0 Å². The Morgan fingerprint density at radius 2 is 1.82 bits per heavy atom. The van der Waals surface area contributed by atoms with Crippen LogP contribution in [0.5, 0.6) is 0 Å². The highest BCUT2D eigenvalue weighted by Gasteiger charge is 2.29. The molecule has 6 heteroatoms. The van der Waals surface area contributed by atoms with Gasteiger partial charge in [-0.15, -0.1) is 0 Å². The van der Waals surface area contributed by atoms with Crippen LogP contribution in [0.4, 0.5) is 4.79 Å². The lowest BCUT2D eigenvalue weighted by Gasteiger charge is -2.29. The van der Waals surface area contributed by atoms with Crippen LogP contribution in [0.15, 0.2) is 30.3 Å². The van der Waals surface area contributed by atoms with Crippen LogP contribution in [0.2, 0.25) is 0 Å². The summed E-state index contributed by atoms with van der Waals surface area (Å²) in [5, 5.41) is 5.58. The second-order valence-corrected chi connectivity index (χ2v) is 7.86. The van der Waals surface area contributed by atoms with Gasteiger partial charge >= 0.3 is 6.09 Å². The van der Waals surface area contributed by atoms with E-state index in [4.69, 9.17) is 4.74 Å². The monoisotopic (exact) mass is 388 g/mol. The number of nitrogens with one attached hydrogen (secondary N) is 2. The standard InChI is InChI=1S/C22H32N2O4/c1-16(2)19(13-23-22(27)28-15-17-9-5-3-6-10-17)21(26)24-20(14-25)18-11-7-4-8-12-18/h3,5-6,9-10,14,16,18-20H,4,7-8,11-13,15H2,1-2H3,(H,23,27)(H,24,26). The van der Waals surface area contributed by atoms with Crippen molar-refractivity contribution in [3.63, 3.8) is 0 Å². The van der Waals surface area contributed by atoms with Crippen LogP contribution in [-0.2, 0) is 20.9 Å². The quantitative estimate of drug-likeness (QED) is 0.635. The summed E-state index contributed by atoms with van der Waals surface area (Å²) in [6.45, 7) is 4.21. The van der Waals surface area contributed by atoms with E-state index in [1.807, 2.05) is 44.2 Å². The summed E-state index contributed by atoms with van der Waals surface area (Å²) in [6.07, 6.45) is 5.65. The molecule has 154 valence electrons. The van der Waals surface area contributed by atoms with Gasteiger partial charge in [0.25, 0.3) is 0 Å². The van der Waals surface area contributed by atoms with Crippen molar-refractivity contribution in [3.8, 4) is 0 Å². The Morgan fingerprint density at radius 3 is 2.43 bits per heavy atom. The lowest BCUT2D eigenvalue weighted by molar-refractivity contribution is -0.129. The molecule has 1 fully saturated rings. The molecular weight excluding hydrogens is 356 g/mol. The third-order valence-electron chi connectivity index (χ3n) is 5.43. The molecular formula is C22H32N2O4. The first kappa shape index (κ1) is 21.9. The second-order valence-electron chi connectivity index (χ2n) is 7.86. The van der Waals surface area contributed by atoms with Crippen molar-refractivity contribution in [2.24, 2.45) is 17.8 Å². The highest BCUT2D eigenvalue weighted by Crippen LogP contribution is 2.26. The Balaban J connectivity index is 1.82. The molecule has 1 aliphatic rings. The Hall–Kier alpha value is -2.37. The highest BCUT2D eigenvalue weighted by molar-refractivity contribution is 5.82. The molecule has 2 rings (SSSR count). The number of amides is 2. The number of aldehydes is 1. The van der Waals surface area contributed by atoms with E-state index >= 15 is 0 Å². The van der Waals surface area contributed by atoms with Crippen LogP contribution >= 0.6 is 0 Å². The van der Waals surface area contributed by atoms with Gasteiger partial charge in [-0.25, -0.2) is 4.79 Å². The molecule has 0 radical (unpaired) electrons. The Labute approximate surface area is 167 Å². The molecule has 2 atom stereocenters. The summed E-state index contributed by atoms with van der Waals surface area (Å²) in [5.41, 5.74) is 0.900. The molecule has 0 aliphatic heterocycles. The molecule has 0 saturated heterocycles. The van der Waals surface area contributed by atoms with E-state index in [1.165, 1.54) is 6.42 Å². The lowest BCUT2D eigenvalue weighted by atomic mass is 9.84. The first-order valence-electron chi connectivity index (χ1n) is 10.2. The molecule has 2 amide bonds. The highest BCUT2D eigenvalue weighted by atomic mass is 16.5. The van der Waals surface area contributed by atoms with Crippen molar-refractivity contribution in [2.75, 3.05) is 6.54 Å².